The number of anilines is 1. The normalized spacial score (nSPS) is 12.0. The van der Waals surface area contributed by atoms with Crippen LogP contribution in [0.4, 0.5) is 5.69 Å². The Morgan fingerprint density at radius 1 is 0.909 bits per heavy atom. The molecular formula is C25H22N2O5S. The van der Waals surface area contributed by atoms with E-state index in [1.807, 2.05) is 30.3 Å². The number of nitrogens with one attached hydrogen (secondary N) is 2. The molecular weight excluding hydrogens is 440 g/mol. The summed E-state index contributed by atoms with van der Waals surface area (Å²) < 4.78 is 38.9. The third kappa shape index (κ3) is 5.24. The Hall–Kier alpha value is -4.04. The molecule has 0 aliphatic carbocycles. The molecule has 0 radical (unpaired) electrons. The molecule has 0 saturated heterocycles. The van der Waals surface area contributed by atoms with E-state index in [0.29, 0.717) is 17.2 Å². The molecule has 0 saturated carbocycles. The average Bonchev–Trinajstić information content (AvgIpc) is 3.38. The summed E-state index contributed by atoms with van der Waals surface area (Å²) >= 11 is 0. The number of furan rings is 1. The fourth-order valence-corrected chi connectivity index (χ4v) is 4.42. The largest absolute Gasteiger partial charge is 0.497 e. The lowest BCUT2D eigenvalue weighted by atomic mass is 10.0. The van der Waals surface area contributed by atoms with E-state index in [0.717, 1.165) is 5.56 Å². The lowest BCUT2D eigenvalue weighted by Gasteiger charge is -2.17. The van der Waals surface area contributed by atoms with Crippen LogP contribution in [0.2, 0.25) is 0 Å². The van der Waals surface area contributed by atoms with Crippen molar-refractivity contribution < 1.29 is 22.4 Å². The number of benzene rings is 3. The van der Waals surface area contributed by atoms with E-state index >= 15 is 0 Å². The lowest BCUT2D eigenvalue weighted by molar-refractivity contribution is 0.0938. The summed E-state index contributed by atoms with van der Waals surface area (Å²) in [6.07, 6.45) is 1.54. The third-order valence-corrected chi connectivity index (χ3v) is 6.36. The van der Waals surface area contributed by atoms with Crippen molar-refractivity contribution in [1.29, 1.82) is 0 Å². The highest BCUT2D eigenvalue weighted by Gasteiger charge is 2.22. The third-order valence-electron chi connectivity index (χ3n) is 4.98. The number of amides is 1. The quantitative estimate of drug-likeness (QED) is 0.399. The van der Waals surface area contributed by atoms with Crippen molar-refractivity contribution in [3.05, 3.63) is 114 Å². The number of methoxy groups -OCH3 is 1. The second kappa shape index (κ2) is 9.62. The van der Waals surface area contributed by atoms with Crippen molar-refractivity contribution in [3.63, 3.8) is 0 Å². The second-order valence-electron chi connectivity index (χ2n) is 7.19. The number of ether oxygens (including phenoxy) is 1. The monoisotopic (exact) mass is 462 g/mol. The number of carbonyl (C=O) groups excluding carboxylic acids is 1. The Balaban J connectivity index is 1.56. The molecule has 3 aromatic carbocycles. The van der Waals surface area contributed by atoms with Gasteiger partial charge in [-0.3, -0.25) is 9.52 Å². The molecule has 1 atom stereocenters. The minimum atomic E-state index is -3.90. The molecule has 1 unspecified atom stereocenters. The molecule has 168 valence electrons. The van der Waals surface area contributed by atoms with Gasteiger partial charge >= 0.3 is 0 Å². The van der Waals surface area contributed by atoms with Crippen LogP contribution in [0.25, 0.3) is 0 Å². The van der Waals surface area contributed by atoms with Crippen molar-refractivity contribution in [1.82, 2.24) is 5.32 Å². The molecule has 0 fully saturated rings. The lowest BCUT2D eigenvalue weighted by Crippen LogP contribution is -2.29. The van der Waals surface area contributed by atoms with Crippen LogP contribution in [0.3, 0.4) is 0 Å². The van der Waals surface area contributed by atoms with E-state index in [-0.39, 0.29) is 10.5 Å². The number of hydrogen-bond donors (Lipinski definition) is 2. The average molecular weight is 463 g/mol. The van der Waals surface area contributed by atoms with Gasteiger partial charge in [0.15, 0.2) is 0 Å². The molecule has 0 aliphatic rings. The topological polar surface area (TPSA) is 97.6 Å². The van der Waals surface area contributed by atoms with Gasteiger partial charge in [0, 0.05) is 11.3 Å². The van der Waals surface area contributed by atoms with Crippen LogP contribution in [0.1, 0.15) is 27.7 Å². The van der Waals surface area contributed by atoms with Gasteiger partial charge in [-0.2, -0.15) is 0 Å². The first kappa shape index (κ1) is 22.2. The minimum Gasteiger partial charge on any atom is -0.497 e. The van der Waals surface area contributed by atoms with Crippen LogP contribution in [0.5, 0.6) is 5.75 Å². The first-order valence-electron chi connectivity index (χ1n) is 10.1. The van der Waals surface area contributed by atoms with Crippen LogP contribution < -0.4 is 14.8 Å². The zero-order valence-electron chi connectivity index (χ0n) is 17.8. The summed E-state index contributed by atoms with van der Waals surface area (Å²) in [6, 6.07) is 24.8. The zero-order chi connectivity index (χ0) is 23.3. The molecule has 0 bridgehead atoms. The van der Waals surface area contributed by atoms with E-state index in [9.17, 15) is 13.2 Å². The van der Waals surface area contributed by atoms with Crippen LogP contribution in [0, 0.1) is 0 Å². The van der Waals surface area contributed by atoms with E-state index in [1.54, 1.807) is 42.5 Å². The highest BCUT2D eigenvalue weighted by Crippen LogP contribution is 2.24. The van der Waals surface area contributed by atoms with E-state index in [4.69, 9.17) is 9.15 Å². The Kier molecular flexibility index (Phi) is 6.46. The summed E-state index contributed by atoms with van der Waals surface area (Å²) in [6.45, 7) is 0. The van der Waals surface area contributed by atoms with Gasteiger partial charge < -0.3 is 14.5 Å². The molecule has 4 rings (SSSR count). The highest BCUT2D eigenvalue weighted by molar-refractivity contribution is 7.92. The first-order chi connectivity index (χ1) is 16.0. The molecule has 1 aromatic heterocycles. The van der Waals surface area contributed by atoms with Crippen molar-refractivity contribution in [2.75, 3.05) is 11.8 Å². The highest BCUT2D eigenvalue weighted by atomic mass is 32.2. The summed E-state index contributed by atoms with van der Waals surface area (Å²) in [5.41, 5.74) is 1.43. The number of sulfonamides is 1. The molecule has 7 nitrogen and oxygen atoms in total. The minimum absolute atomic E-state index is 0.0276. The smallest absolute Gasteiger partial charge is 0.261 e. The molecule has 8 heteroatoms. The summed E-state index contributed by atoms with van der Waals surface area (Å²) in [7, 11) is -2.37. The van der Waals surface area contributed by atoms with Crippen LogP contribution in [0.15, 0.2) is 107 Å². The summed E-state index contributed by atoms with van der Waals surface area (Å²) in [5.74, 6) is 0.752. The van der Waals surface area contributed by atoms with Gasteiger partial charge in [-0.05, 0) is 60.2 Å². The van der Waals surface area contributed by atoms with Gasteiger partial charge in [-0.25, -0.2) is 8.42 Å². The Morgan fingerprint density at radius 2 is 1.67 bits per heavy atom. The standard InChI is InChI=1S/C25H22N2O5S/c1-31-21-14-12-20(13-15-21)27-33(29,30)22-10-5-9-19(17-22)25(28)26-24(23-11-6-16-32-23)18-7-3-2-4-8-18/h2-17,24,27H,1H3,(H,26,28). The van der Waals surface area contributed by atoms with Gasteiger partial charge in [0.05, 0.1) is 18.3 Å². The Bertz CT molecular complexity index is 1320. The second-order valence-corrected chi connectivity index (χ2v) is 8.88. The van der Waals surface area contributed by atoms with Gasteiger partial charge in [-0.15, -0.1) is 0 Å². The Morgan fingerprint density at radius 3 is 2.33 bits per heavy atom. The molecule has 2 N–H and O–H groups in total. The number of hydrogen-bond acceptors (Lipinski definition) is 5. The number of carbonyl (C=O) groups is 1. The van der Waals surface area contributed by atoms with Crippen molar-refractivity contribution in [2.24, 2.45) is 0 Å². The Labute approximate surface area is 192 Å². The van der Waals surface area contributed by atoms with E-state index in [1.165, 1.54) is 31.6 Å². The van der Waals surface area contributed by atoms with E-state index < -0.39 is 22.0 Å². The van der Waals surface area contributed by atoms with Gasteiger partial charge in [0.1, 0.15) is 17.6 Å². The van der Waals surface area contributed by atoms with Gasteiger partial charge in [0.25, 0.3) is 15.9 Å². The maximum Gasteiger partial charge on any atom is 0.261 e. The zero-order valence-corrected chi connectivity index (χ0v) is 18.6. The van der Waals surface area contributed by atoms with E-state index in [2.05, 4.69) is 10.0 Å². The molecule has 1 heterocycles. The SMILES string of the molecule is COc1ccc(NS(=O)(=O)c2cccc(C(=O)NC(c3ccccc3)c3ccco3)c2)cc1. The van der Waals surface area contributed by atoms with Crippen LogP contribution in [-0.2, 0) is 10.0 Å². The molecule has 33 heavy (non-hydrogen) atoms. The summed E-state index contributed by atoms with van der Waals surface area (Å²) in [4.78, 5) is 13.0. The molecule has 1 amide bonds. The molecule has 0 spiro atoms. The fraction of sp³-hybridized carbons (Fsp3) is 0.0800. The van der Waals surface area contributed by atoms with Crippen molar-refractivity contribution >= 4 is 21.6 Å². The van der Waals surface area contributed by atoms with Gasteiger partial charge in [-0.1, -0.05) is 36.4 Å². The van der Waals surface area contributed by atoms with Crippen molar-refractivity contribution in [3.8, 4) is 5.75 Å². The number of rotatable bonds is 8. The fourth-order valence-electron chi connectivity index (χ4n) is 3.31. The maximum absolute atomic E-state index is 13.0. The maximum atomic E-state index is 13.0. The molecule has 4 aromatic rings. The van der Waals surface area contributed by atoms with Crippen LogP contribution in [-0.4, -0.2) is 21.4 Å². The summed E-state index contributed by atoms with van der Waals surface area (Å²) in [5, 5.41) is 2.93. The predicted octanol–water partition coefficient (Wildman–Crippen LogP) is 4.61. The van der Waals surface area contributed by atoms with Crippen LogP contribution >= 0.6 is 0 Å². The van der Waals surface area contributed by atoms with Gasteiger partial charge in [0.2, 0.25) is 0 Å². The first-order valence-corrected chi connectivity index (χ1v) is 11.6. The van der Waals surface area contributed by atoms with Crippen molar-refractivity contribution in [2.45, 2.75) is 10.9 Å². The molecule has 0 aliphatic heterocycles. The predicted molar refractivity (Wildman–Crippen MR) is 125 cm³/mol.